The third kappa shape index (κ3) is 4.82. The first-order valence-electron chi connectivity index (χ1n) is 4.07. The van der Waals surface area contributed by atoms with Gasteiger partial charge in [0.05, 0.1) is 0 Å². The number of rotatable bonds is 6. The van der Waals surface area contributed by atoms with Crippen LogP contribution in [0.1, 0.15) is 13.8 Å². The standard InChI is InChI=1S/C3H5.2C2H5O.CH3.Sn/c1-3-2;2*1-2-3;;/h3H,1-2H2;2*2H2,1H3;1H3;/q;2*-1;;+2. The summed E-state index contributed by atoms with van der Waals surface area (Å²) in [5.74, 6) is 0. The van der Waals surface area contributed by atoms with E-state index in [0.29, 0.717) is 0 Å². The predicted molar refractivity (Wildman–Crippen MR) is 49.9 cm³/mol. The summed E-state index contributed by atoms with van der Waals surface area (Å²) >= 11 is -2.58. The van der Waals surface area contributed by atoms with Gasteiger partial charge in [-0.2, -0.15) is 0 Å². The van der Waals surface area contributed by atoms with Crippen molar-refractivity contribution in [3.8, 4) is 0 Å². The topological polar surface area (TPSA) is 18.5 Å². The van der Waals surface area contributed by atoms with Gasteiger partial charge in [0.2, 0.25) is 0 Å². The van der Waals surface area contributed by atoms with Crippen LogP contribution in [0.5, 0.6) is 0 Å². The molecule has 0 amide bonds. The van der Waals surface area contributed by atoms with Gasteiger partial charge in [0.25, 0.3) is 0 Å². The number of hydrogen-bond donors (Lipinski definition) is 0. The SMILES string of the molecule is C=C[CH2][Sn]([CH3])([O]CC)[O]CC. The first-order chi connectivity index (χ1) is 5.18. The molecule has 0 bridgehead atoms. The summed E-state index contributed by atoms with van der Waals surface area (Å²) in [5.41, 5.74) is 0. The monoisotopic (exact) mass is 266 g/mol. The summed E-state index contributed by atoms with van der Waals surface area (Å²) in [6, 6.07) is 0. The van der Waals surface area contributed by atoms with Crippen molar-refractivity contribution in [2.45, 2.75) is 23.2 Å². The fourth-order valence-corrected chi connectivity index (χ4v) is 6.93. The van der Waals surface area contributed by atoms with E-state index in [1.54, 1.807) is 0 Å². The number of hydrogen-bond acceptors (Lipinski definition) is 2. The van der Waals surface area contributed by atoms with Gasteiger partial charge in [-0.3, -0.25) is 0 Å². The third-order valence-corrected chi connectivity index (χ3v) is 9.49. The summed E-state index contributed by atoms with van der Waals surface area (Å²) in [7, 11) is 0. The third-order valence-electron chi connectivity index (χ3n) is 1.41. The molecule has 0 rings (SSSR count). The fourth-order valence-electron chi connectivity index (χ4n) is 1.03. The van der Waals surface area contributed by atoms with Gasteiger partial charge in [0.1, 0.15) is 0 Å². The summed E-state index contributed by atoms with van der Waals surface area (Å²) in [4.78, 5) is 2.14. The van der Waals surface area contributed by atoms with Crippen LogP contribution in [-0.2, 0) is 6.15 Å². The van der Waals surface area contributed by atoms with E-state index in [2.05, 4.69) is 11.5 Å². The van der Waals surface area contributed by atoms with E-state index < -0.39 is 19.2 Å². The Morgan fingerprint density at radius 1 is 1.27 bits per heavy atom. The van der Waals surface area contributed by atoms with Crippen molar-refractivity contribution in [1.82, 2.24) is 0 Å². The first kappa shape index (κ1) is 11.5. The molecule has 0 saturated carbocycles. The molecule has 3 heteroatoms. The molecule has 66 valence electrons. The summed E-state index contributed by atoms with van der Waals surface area (Å²) in [6.45, 7) is 9.25. The van der Waals surface area contributed by atoms with E-state index in [-0.39, 0.29) is 0 Å². The van der Waals surface area contributed by atoms with E-state index in [9.17, 15) is 0 Å². The molecular formula is C8H18O2Sn. The molecule has 0 N–H and O–H groups in total. The Morgan fingerprint density at radius 3 is 2.00 bits per heavy atom. The van der Waals surface area contributed by atoms with Gasteiger partial charge < -0.3 is 0 Å². The van der Waals surface area contributed by atoms with E-state index in [0.717, 1.165) is 17.7 Å². The molecule has 0 heterocycles. The summed E-state index contributed by atoms with van der Waals surface area (Å²) in [5, 5.41) is 0. The molecular weight excluding hydrogens is 247 g/mol. The Kier molecular flexibility index (Phi) is 6.28. The minimum atomic E-state index is -2.58. The molecule has 0 aliphatic rings. The van der Waals surface area contributed by atoms with E-state index >= 15 is 0 Å². The molecule has 0 radical (unpaired) electrons. The quantitative estimate of drug-likeness (QED) is 0.542. The van der Waals surface area contributed by atoms with Crippen molar-refractivity contribution < 1.29 is 6.15 Å². The van der Waals surface area contributed by atoms with Gasteiger partial charge in [-0.25, -0.2) is 0 Å². The average Bonchev–Trinajstić information content (AvgIpc) is 1.88. The Hall–Kier alpha value is 0.459. The van der Waals surface area contributed by atoms with Crippen LogP contribution < -0.4 is 0 Å². The minimum absolute atomic E-state index is 0.764. The van der Waals surface area contributed by atoms with Gasteiger partial charge >= 0.3 is 74.4 Å². The maximum absolute atomic E-state index is 5.63. The zero-order chi connectivity index (χ0) is 8.74. The second-order valence-corrected chi connectivity index (χ2v) is 11.8. The van der Waals surface area contributed by atoms with Crippen LogP contribution in [0.4, 0.5) is 0 Å². The molecule has 0 spiro atoms. The summed E-state index contributed by atoms with van der Waals surface area (Å²) in [6.07, 6.45) is 1.90. The molecule has 0 aromatic rings. The van der Waals surface area contributed by atoms with Crippen molar-refractivity contribution in [3.63, 3.8) is 0 Å². The van der Waals surface area contributed by atoms with E-state index in [1.165, 1.54) is 0 Å². The van der Waals surface area contributed by atoms with Crippen molar-refractivity contribution in [2.24, 2.45) is 0 Å². The molecule has 0 aromatic carbocycles. The molecule has 0 saturated heterocycles. The fraction of sp³-hybridized carbons (Fsp3) is 0.750. The Morgan fingerprint density at radius 2 is 1.73 bits per heavy atom. The Bertz CT molecular complexity index is 109. The maximum atomic E-state index is 5.63. The van der Waals surface area contributed by atoms with Gasteiger partial charge in [0, 0.05) is 0 Å². The van der Waals surface area contributed by atoms with Gasteiger partial charge in [-0.05, 0) is 0 Å². The molecule has 0 aromatic heterocycles. The van der Waals surface area contributed by atoms with Crippen LogP contribution in [0.25, 0.3) is 0 Å². The molecule has 0 aliphatic heterocycles. The van der Waals surface area contributed by atoms with Gasteiger partial charge in [-0.1, -0.05) is 0 Å². The van der Waals surface area contributed by atoms with Crippen LogP contribution in [0.3, 0.4) is 0 Å². The molecule has 2 nitrogen and oxygen atoms in total. The molecule has 0 atom stereocenters. The zero-order valence-electron chi connectivity index (χ0n) is 7.72. The van der Waals surface area contributed by atoms with Gasteiger partial charge in [-0.15, -0.1) is 0 Å². The normalized spacial score (nSPS) is 11.5. The zero-order valence-corrected chi connectivity index (χ0v) is 10.6. The van der Waals surface area contributed by atoms with Gasteiger partial charge in [0.15, 0.2) is 0 Å². The summed E-state index contributed by atoms with van der Waals surface area (Å²) < 4.78 is 12.2. The van der Waals surface area contributed by atoms with Crippen LogP contribution in [-0.4, -0.2) is 32.4 Å². The van der Waals surface area contributed by atoms with Crippen LogP contribution in [0, 0.1) is 0 Å². The Balaban J connectivity index is 3.88. The molecule has 11 heavy (non-hydrogen) atoms. The van der Waals surface area contributed by atoms with Crippen molar-refractivity contribution >= 4 is 19.2 Å². The van der Waals surface area contributed by atoms with Crippen molar-refractivity contribution in [1.29, 1.82) is 0 Å². The predicted octanol–water partition coefficient (Wildman–Crippen LogP) is 2.32. The second kappa shape index (κ2) is 6.03. The van der Waals surface area contributed by atoms with Crippen molar-refractivity contribution in [2.75, 3.05) is 13.2 Å². The average molecular weight is 265 g/mol. The molecule has 0 aliphatic carbocycles. The Labute approximate surface area is 74.5 Å². The molecule has 0 fully saturated rings. The van der Waals surface area contributed by atoms with E-state index in [4.69, 9.17) is 6.15 Å². The van der Waals surface area contributed by atoms with Crippen LogP contribution >= 0.6 is 0 Å². The van der Waals surface area contributed by atoms with Crippen LogP contribution in [0.2, 0.25) is 9.38 Å². The number of allylic oxidation sites excluding steroid dienone is 1. The molecule has 0 unspecified atom stereocenters. The van der Waals surface area contributed by atoms with Crippen LogP contribution in [0.15, 0.2) is 12.7 Å². The first-order valence-corrected chi connectivity index (χ1v) is 11.3. The second-order valence-electron chi connectivity index (χ2n) is 2.49. The van der Waals surface area contributed by atoms with E-state index in [1.807, 2.05) is 19.9 Å². The van der Waals surface area contributed by atoms with Crippen molar-refractivity contribution in [3.05, 3.63) is 12.7 Å².